The Morgan fingerprint density at radius 1 is 1.14 bits per heavy atom. The number of amides is 1. The summed E-state index contributed by atoms with van der Waals surface area (Å²) >= 11 is 0. The summed E-state index contributed by atoms with van der Waals surface area (Å²) in [5, 5.41) is 10.3. The summed E-state index contributed by atoms with van der Waals surface area (Å²) in [6.45, 7) is 6.32. The van der Waals surface area contributed by atoms with Crippen LogP contribution in [-0.4, -0.2) is 48.5 Å². The molecule has 2 aromatic carbocycles. The molecule has 0 aliphatic rings. The van der Waals surface area contributed by atoms with Crippen molar-refractivity contribution in [2.24, 2.45) is 0 Å². The first-order chi connectivity index (χ1) is 13.9. The number of hydrogen-bond donors (Lipinski definition) is 2. The number of fused-ring (bicyclic) bond motifs is 1. The maximum Gasteiger partial charge on any atom is 0.276 e. The van der Waals surface area contributed by atoms with E-state index < -0.39 is 15.9 Å². The molecule has 8 nitrogen and oxygen atoms in total. The quantitative estimate of drug-likeness (QED) is 0.587. The number of nitrogens with one attached hydrogen (secondary N) is 2. The summed E-state index contributed by atoms with van der Waals surface area (Å²) < 4.78 is 33.0. The molecule has 2 N–H and O–H groups in total. The minimum absolute atomic E-state index is 0.0211. The number of ether oxygens (including phenoxy) is 1. The number of carbonyl (C=O) groups is 1. The van der Waals surface area contributed by atoms with Crippen LogP contribution in [0.15, 0.2) is 47.4 Å². The molecule has 0 fully saturated rings. The van der Waals surface area contributed by atoms with Gasteiger partial charge in [-0.25, -0.2) is 8.42 Å². The van der Waals surface area contributed by atoms with Crippen LogP contribution < -0.4 is 10.1 Å². The van der Waals surface area contributed by atoms with E-state index in [0.29, 0.717) is 30.8 Å². The number of anilines is 1. The number of aromatic amines is 1. The fourth-order valence-electron chi connectivity index (χ4n) is 3.09. The molecule has 0 aliphatic heterocycles. The highest BCUT2D eigenvalue weighted by molar-refractivity contribution is 7.89. The van der Waals surface area contributed by atoms with Gasteiger partial charge >= 0.3 is 0 Å². The largest absolute Gasteiger partial charge is 0.492 e. The summed E-state index contributed by atoms with van der Waals surface area (Å²) in [5.74, 6) is -0.180. The van der Waals surface area contributed by atoms with E-state index in [1.165, 1.54) is 10.4 Å². The molecule has 3 rings (SSSR count). The third-order valence-corrected chi connectivity index (χ3v) is 6.58. The van der Waals surface area contributed by atoms with E-state index in [4.69, 9.17) is 4.74 Å². The van der Waals surface area contributed by atoms with Crippen LogP contribution in [0.4, 0.5) is 5.69 Å². The van der Waals surface area contributed by atoms with Crippen molar-refractivity contribution in [1.29, 1.82) is 0 Å². The molecular formula is C20H24N4O4S. The predicted octanol–water partition coefficient (Wildman–Crippen LogP) is 3.24. The minimum Gasteiger partial charge on any atom is -0.492 e. The molecular weight excluding hydrogens is 392 g/mol. The smallest absolute Gasteiger partial charge is 0.276 e. The van der Waals surface area contributed by atoms with Gasteiger partial charge in [0, 0.05) is 24.2 Å². The average molecular weight is 417 g/mol. The first-order valence-electron chi connectivity index (χ1n) is 9.43. The van der Waals surface area contributed by atoms with Crippen LogP contribution in [0.2, 0.25) is 0 Å². The van der Waals surface area contributed by atoms with E-state index in [-0.39, 0.29) is 16.3 Å². The zero-order valence-electron chi connectivity index (χ0n) is 16.6. The van der Waals surface area contributed by atoms with Crippen LogP contribution in [0.5, 0.6) is 5.75 Å². The Morgan fingerprint density at radius 3 is 2.55 bits per heavy atom. The van der Waals surface area contributed by atoms with E-state index in [0.717, 1.165) is 5.52 Å². The fourth-order valence-corrected chi connectivity index (χ4v) is 4.71. The lowest BCUT2D eigenvalue weighted by Gasteiger charge is -2.21. The Morgan fingerprint density at radius 2 is 1.86 bits per heavy atom. The molecule has 1 amide bonds. The number of benzene rings is 2. The number of sulfonamides is 1. The maximum absolute atomic E-state index is 13.0. The van der Waals surface area contributed by atoms with Crippen molar-refractivity contribution in [2.75, 3.05) is 25.0 Å². The predicted molar refractivity (Wildman–Crippen MR) is 112 cm³/mol. The molecule has 29 heavy (non-hydrogen) atoms. The third-order valence-electron chi connectivity index (χ3n) is 4.51. The van der Waals surface area contributed by atoms with E-state index in [9.17, 15) is 13.2 Å². The maximum atomic E-state index is 13.0. The van der Waals surface area contributed by atoms with Gasteiger partial charge in [-0.2, -0.15) is 9.40 Å². The Labute approximate surface area is 169 Å². The van der Waals surface area contributed by atoms with E-state index in [2.05, 4.69) is 15.5 Å². The van der Waals surface area contributed by atoms with Gasteiger partial charge in [-0.1, -0.05) is 32.0 Å². The summed E-state index contributed by atoms with van der Waals surface area (Å²) in [7, 11) is -3.77. The van der Waals surface area contributed by atoms with Gasteiger partial charge in [0.05, 0.1) is 12.1 Å². The number of carbonyl (C=O) groups excluding carboxylic acids is 1. The molecule has 0 atom stereocenters. The topological polar surface area (TPSA) is 104 Å². The highest BCUT2D eigenvalue weighted by Gasteiger charge is 2.26. The van der Waals surface area contributed by atoms with Crippen molar-refractivity contribution >= 4 is 32.5 Å². The molecule has 1 heterocycles. The Bertz CT molecular complexity index is 1120. The average Bonchev–Trinajstić information content (AvgIpc) is 3.14. The number of rotatable bonds is 8. The van der Waals surface area contributed by atoms with Crippen LogP contribution >= 0.6 is 0 Å². The van der Waals surface area contributed by atoms with Crippen molar-refractivity contribution in [3.8, 4) is 5.75 Å². The number of H-pyrrole nitrogens is 1. The van der Waals surface area contributed by atoms with Crippen LogP contribution in [0, 0.1) is 0 Å². The first kappa shape index (κ1) is 20.8. The zero-order chi connectivity index (χ0) is 21.0. The molecule has 0 spiro atoms. The van der Waals surface area contributed by atoms with Crippen molar-refractivity contribution in [2.45, 2.75) is 25.7 Å². The van der Waals surface area contributed by atoms with Crippen molar-refractivity contribution in [3.05, 3.63) is 48.2 Å². The second-order valence-corrected chi connectivity index (χ2v) is 8.16. The number of hydrogen-bond acceptors (Lipinski definition) is 5. The minimum atomic E-state index is -3.77. The van der Waals surface area contributed by atoms with Gasteiger partial charge in [-0.15, -0.1) is 0 Å². The molecule has 0 saturated carbocycles. The number of para-hydroxylation sites is 1. The third kappa shape index (κ3) is 4.10. The van der Waals surface area contributed by atoms with Crippen LogP contribution in [0.1, 0.15) is 31.3 Å². The Balaban J connectivity index is 1.97. The molecule has 0 unspecified atom stereocenters. The second-order valence-electron chi connectivity index (χ2n) is 6.26. The number of nitrogens with zero attached hydrogens (tertiary/aromatic N) is 2. The van der Waals surface area contributed by atoms with Gasteiger partial charge in [0.2, 0.25) is 10.0 Å². The van der Waals surface area contributed by atoms with Crippen molar-refractivity contribution in [1.82, 2.24) is 14.5 Å². The lowest BCUT2D eigenvalue weighted by Crippen LogP contribution is -2.31. The summed E-state index contributed by atoms with van der Waals surface area (Å²) in [5.41, 5.74) is 1.33. The van der Waals surface area contributed by atoms with Gasteiger partial charge in [-0.05, 0) is 31.2 Å². The highest BCUT2D eigenvalue weighted by Crippen LogP contribution is 2.30. The molecule has 0 saturated heterocycles. The SMILES string of the molecule is CCOc1ccc(NC(=O)c2n[nH]c3ccccc23)cc1S(=O)(=O)N(CC)CC. The normalized spacial score (nSPS) is 11.7. The van der Waals surface area contributed by atoms with Gasteiger partial charge in [0.1, 0.15) is 10.6 Å². The molecule has 1 aromatic heterocycles. The lowest BCUT2D eigenvalue weighted by molar-refractivity contribution is 0.102. The molecule has 0 radical (unpaired) electrons. The second kappa shape index (κ2) is 8.62. The summed E-state index contributed by atoms with van der Waals surface area (Å²) in [6, 6.07) is 11.9. The monoisotopic (exact) mass is 416 g/mol. The van der Waals surface area contributed by atoms with E-state index in [1.54, 1.807) is 39.0 Å². The first-order valence-corrected chi connectivity index (χ1v) is 10.9. The highest BCUT2D eigenvalue weighted by atomic mass is 32.2. The van der Waals surface area contributed by atoms with Crippen LogP contribution in [0.3, 0.4) is 0 Å². The molecule has 154 valence electrons. The van der Waals surface area contributed by atoms with Crippen LogP contribution in [-0.2, 0) is 10.0 Å². The van der Waals surface area contributed by atoms with Gasteiger partial charge in [0.15, 0.2) is 5.69 Å². The van der Waals surface area contributed by atoms with Crippen LogP contribution in [0.25, 0.3) is 10.9 Å². The van der Waals surface area contributed by atoms with Crippen molar-refractivity contribution in [3.63, 3.8) is 0 Å². The zero-order valence-corrected chi connectivity index (χ0v) is 17.4. The Hall–Kier alpha value is -2.91. The van der Waals surface area contributed by atoms with Gasteiger partial charge < -0.3 is 10.1 Å². The standard InChI is InChI=1S/C20H24N4O4S/c1-4-24(5-2)29(26,27)18-13-14(11-12-17(18)28-6-3)21-20(25)19-15-9-7-8-10-16(15)22-23-19/h7-13H,4-6H2,1-3H3,(H,21,25)(H,22,23). The molecule has 0 aliphatic carbocycles. The summed E-state index contributed by atoms with van der Waals surface area (Å²) in [4.78, 5) is 12.7. The molecule has 0 bridgehead atoms. The Kier molecular flexibility index (Phi) is 6.19. The van der Waals surface area contributed by atoms with Gasteiger partial charge in [-0.3, -0.25) is 9.89 Å². The van der Waals surface area contributed by atoms with Crippen molar-refractivity contribution < 1.29 is 17.9 Å². The van der Waals surface area contributed by atoms with E-state index >= 15 is 0 Å². The molecule has 9 heteroatoms. The van der Waals surface area contributed by atoms with E-state index in [1.807, 2.05) is 18.2 Å². The lowest BCUT2D eigenvalue weighted by atomic mass is 10.2. The fraction of sp³-hybridized carbons (Fsp3) is 0.300. The summed E-state index contributed by atoms with van der Waals surface area (Å²) in [6.07, 6.45) is 0. The van der Waals surface area contributed by atoms with Gasteiger partial charge in [0.25, 0.3) is 5.91 Å². The molecule has 3 aromatic rings. The number of aromatic nitrogens is 2.